The van der Waals surface area contributed by atoms with Gasteiger partial charge in [-0.3, -0.25) is 9.78 Å². The molecule has 1 saturated heterocycles. The summed E-state index contributed by atoms with van der Waals surface area (Å²) in [6.07, 6.45) is 5.14. The standard InChI is InChI=1S/C23H22N6O2S/c1-31-21-15-24-14-20(25-21)27-9-11-28(12-10-27)23(30)18-16-29(17-6-3-2-4-7-17)26-22(18)19-8-5-13-32-19/h2-8,13-16H,9-12H2,1H3. The molecule has 0 spiro atoms. The molecule has 4 aromatic rings. The molecule has 1 amide bonds. The minimum Gasteiger partial charge on any atom is -0.480 e. The molecule has 0 saturated carbocycles. The van der Waals surface area contributed by atoms with E-state index >= 15 is 0 Å². The number of para-hydroxylation sites is 1. The smallest absolute Gasteiger partial charge is 0.257 e. The molecule has 0 bridgehead atoms. The predicted molar refractivity (Wildman–Crippen MR) is 124 cm³/mol. The van der Waals surface area contributed by atoms with Crippen molar-refractivity contribution in [3.8, 4) is 22.1 Å². The molecule has 0 atom stereocenters. The third kappa shape index (κ3) is 3.94. The maximum atomic E-state index is 13.5. The normalized spacial score (nSPS) is 13.9. The molecular weight excluding hydrogens is 424 g/mol. The van der Waals surface area contributed by atoms with E-state index in [2.05, 4.69) is 14.9 Å². The first-order valence-corrected chi connectivity index (χ1v) is 11.2. The van der Waals surface area contributed by atoms with Crippen molar-refractivity contribution in [2.24, 2.45) is 0 Å². The van der Waals surface area contributed by atoms with Gasteiger partial charge < -0.3 is 14.5 Å². The van der Waals surface area contributed by atoms with Crippen LogP contribution in [0, 0.1) is 0 Å². The molecule has 0 N–H and O–H groups in total. The van der Waals surface area contributed by atoms with Crippen molar-refractivity contribution in [3.63, 3.8) is 0 Å². The molecule has 0 aliphatic carbocycles. The van der Waals surface area contributed by atoms with Gasteiger partial charge in [0.25, 0.3) is 5.91 Å². The van der Waals surface area contributed by atoms with E-state index in [1.54, 1.807) is 35.5 Å². The molecule has 9 heteroatoms. The molecule has 8 nitrogen and oxygen atoms in total. The third-order valence-electron chi connectivity index (χ3n) is 5.42. The van der Waals surface area contributed by atoms with Crippen LogP contribution in [0.5, 0.6) is 5.88 Å². The first-order chi connectivity index (χ1) is 15.7. The number of ether oxygens (including phenoxy) is 1. The number of rotatable bonds is 5. The number of aromatic nitrogens is 4. The fraction of sp³-hybridized carbons (Fsp3) is 0.217. The van der Waals surface area contributed by atoms with E-state index in [9.17, 15) is 4.79 Å². The zero-order valence-corrected chi connectivity index (χ0v) is 18.4. The summed E-state index contributed by atoms with van der Waals surface area (Å²) in [6, 6.07) is 13.8. The number of nitrogens with zero attached hydrogens (tertiary/aromatic N) is 6. The summed E-state index contributed by atoms with van der Waals surface area (Å²) >= 11 is 1.58. The number of piperazine rings is 1. The van der Waals surface area contributed by atoms with Crippen LogP contribution in [-0.4, -0.2) is 63.8 Å². The molecule has 3 aromatic heterocycles. The van der Waals surface area contributed by atoms with Crippen molar-refractivity contribution in [2.45, 2.75) is 0 Å². The van der Waals surface area contributed by atoms with Crippen LogP contribution in [0.15, 0.2) is 66.4 Å². The highest BCUT2D eigenvalue weighted by atomic mass is 32.1. The highest BCUT2D eigenvalue weighted by Gasteiger charge is 2.27. The SMILES string of the molecule is COc1cncc(N2CCN(C(=O)c3cn(-c4ccccc4)nc3-c3cccs3)CC2)n1. The molecule has 1 aliphatic heterocycles. The minimum atomic E-state index is -0.00745. The van der Waals surface area contributed by atoms with Crippen LogP contribution in [0.25, 0.3) is 16.3 Å². The maximum absolute atomic E-state index is 13.5. The molecular formula is C23H22N6O2S. The largest absolute Gasteiger partial charge is 0.480 e. The second kappa shape index (κ2) is 8.80. The first kappa shape index (κ1) is 20.2. The summed E-state index contributed by atoms with van der Waals surface area (Å²) in [6.45, 7) is 2.54. The summed E-state index contributed by atoms with van der Waals surface area (Å²) in [5.41, 5.74) is 2.26. The van der Waals surface area contributed by atoms with Gasteiger partial charge in [-0.1, -0.05) is 24.3 Å². The van der Waals surface area contributed by atoms with Crippen LogP contribution in [-0.2, 0) is 0 Å². The molecule has 0 radical (unpaired) electrons. The van der Waals surface area contributed by atoms with Gasteiger partial charge in [0.2, 0.25) is 5.88 Å². The van der Waals surface area contributed by atoms with Gasteiger partial charge >= 0.3 is 0 Å². The Morgan fingerprint density at radius 2 is 1.84 bits per heavy atom. The summed E-state index contributed by atoms with van der Waals surface area (Å²) in [7, 11) is 1.57. The van der Waals surface area contributed by atoms with Crippen LogP contribution >= 0.6 is 11.3 Å². The maximum Gasteiger partial charge on any atom is 0.257 e. The number of methoxy groups -OCH3 is 1. The number of hydrogen-bond donors (Lipinski definition) is 0. The van der Waals surface area contributed by atoms with Gasteiger partial charge in [0.1, 0.15) is 5.69 Å². The van der Waals surface area contributed by atoms with Crippen LogP contribution in [0.2, 0.25) is 0 Å². The van der Waals surface area contributed by atoms with E-state index in [1.807, 2.05) is 58.9 Å². The van der Waals surface area contributed by atoms with Crippen LogP contribution < -0.4 is 9.64 Å². The van der Waals surface area contributed by atoms with Crippen LogP contribution in [0.1, 0.15) is 10.4 Å². The van der Waals surface area contributed by atoms with Crippen LogP contribution in [0.3, 0.4) is 0 Å². The van der Waals surface area contributed by atoms with Gasteiger partial charge in [0, 0.05) is 32.4 Å². The summed E-state index contributed by atoms with van der Waals surface area (Å²) in [5, 5.41) is 6.76. The van der Waals surface area contributed by atoms with Gasteiger partial charge in [-0.15, -0.1) is 11.3 Å². The van der Waals surface area contributed by atoms with Gasteiger partial charge in [-0.05, 0) is 23.6 Å². The van der Waals surface area contributed by atoms with E-state index in [-0.39, 0.29) is 5.91 Å². The number of hydrogen-bond acceptors (Lipinski definition) is 7. The molecule has 1 aromatic carbocycles. The Morgan fingerprint density at radius 1 is 1.03 bits per heavy atom. The lowest BCUT2D eigenvalue weighted by Crippen LogP contribution is -2.49. The third-order valence-corrected chi connectivity index (χ3v) is 6.30. The van der Waals surface area contributed by atoms with Crippen molar-refractivity contribution < 1.29 is 9.53 Å². The number of thiophene rings is 1. The van der Waals surface area contributed by atoms with E-state index in [0.29, 0.717) is 37.6 Å². The molecule has 4 heterocycles. The van der Waals surface area contributed by atoms with Gasteiger partial charge in [-0.25, -0.2) is 4.68 Å². The molecule has 32 heavy (non-hydrogen) atoms. The zero-order chi connectivity index (χ0) is 21.9. The summed E-state index contributed by atoms with van der Waals surface area (Å²) in [4.78, 5) is 27.1. The topological polar surface area (TPSA) is 76.4 Å². The van der Waals surface area contributed by atoms with Gasteiger partial charge in [0.05, 0.1) is 35.6 Å². The van der Waals surface area contributed by atoms with Crippen molar-refractivity contribution in [1.29, 1.82) is 0 Å². The Hall–Kier alpha value is -3.72. The number of carbonyl (C=O) groups excluding carboxylic acids is 1. The zero-order valence-electron chi connectivity index (χ0n) is 17.6. The second-order valence-corrected chi connectivity index (χ2v) is 8.30. The second-order valence-electron chi connectivity index (χ2n) is 7.35. The van der Waals surface area contributed by atoms with Gasteiger partial charge in [0.15, 0.2) is 5.82 Å². The molecule has 1 aliphatic rings. The fourth-order valence-electron chi connectivity index (χ4n) is 3.74. The van der Waals surface area contributed by atoms with E-state index in [1.165, 1.54) is 0 Å². The average Bonchev–Trinajstić information content (AvgIpc) is 3.54. The number of benzene rings is 1. The Labute approximate surface area is 189 Å². The predicted octanol–water partition coefficient (Wildman–Crippen LogP) is 3.36. The summed E-state index contributed by atoms with van der Waals surface area (Å²) in [5.74, 6) is 1.23. The lowest BCUT2D eigenvalue weighted by Gasteiger charge is -2.35. The van der Waals surface area contributed by atoms with E-state index in [4.69, 9.17) is 9.84 Å². The lowest BCUT2D eigenvalue weighted by molar-refractivity contribution is 0.0747. The Morgan fingerprint density at radius 3 is 2.56 bits per heavy atom. The minimum absolute atomic E-state index is 0.00745. The first-order valence-electron chi connectivity index (χ1n) is 10.3. The Bertz CT molecular complexity index is 1200. The monoisotopic (exact) mass is 446 g/mol. The van der Waals surface area contributed by atoms with Crippen molar-refractivity contribution in [2.75, 3.05) is 38.2 Å². The average molecular weight is 447 g/mol. The summed E-state index contributed by atoms with van der Waals surface area (Å²) < 4.78 is 6.96. The molecule has 162 valence electrons. The number of anilines is 1. The number of amides is 1. The quantitative estimate of drug-likeness (QED) is 0.468. The van der Waals surface area contributed by atoms with Crippen molar-refractivity contribution in [1.82, 2.24) is 24.6 Å². The van der Waals surface area contributed by atoms with E-state index < -0.39 is 0 Å². The number of carbonyl (C=O) groups is 1. The molecule has 1 fully saturated rings. The molecule has 5 rings (SSSR count). The van der Waals surface area contributed by atoms with Crippen molar-refractivity contribution >= 4 is 23.1 Å². The van der Waals surface area contributed by atoms with E-state index in [0.717, 1.165) is 22.1 Å². The Kier molecular flexibility index (Phi) is 5.55. The highest BCUT2D eigenvalue weighted by molar-refractivity contribution is 7.13. The van der Waals surface area contributed by atoms with Crippen molar-refractivity contribution in [3.05, 3.63) is 72.0 Å². The van der Waals surface area contributed by atoms with Crippen LogP contribution in [0.4, 0.5) is 5.82 Å². The molecule has 0 unspecified atom stereocenters. The highest BCUT2D eigenvalue weighted by Crippen LogP contribution is 2.29. The van der Waals surface area contributed by atoms with Gasteiger partial charge in [-0.2, -0.15) is 10.1 Å². The Balaban J connectivity index is 1.38. The fourth-order valence-corrected chi connectivity index (χ4v) is 4.46. The lowest BCUT2D eigenvalue weighted by atomic mass is 10.1.